The van der Waals surface area contributed by atoms with E-state index in [1.807, 2.05) is 13.8 Å². The molecule has 10 nitrogen and oxygen atoms in total. The first-order chi connectivity index (χ1) is 18.3. The van der Waals surface area contributed by atoms with Crippen molar-refractivity contribution in [1.29, 1.82) is 0 Å². The van der Waals surface area contributed by atoms with Gasteiger partial charge in [-0.15, -0.1) is 0 Å². The Kier molecular flexibility index (Phi) is 8.32. The summed E-state index contributed by atoms with van der Waals surface area (Å²) in [5.74, 6) is -0.668. The molecule has 0 aliphatic heterocycles. The minimum Gasteiger partial charge on any atom is -0.497 e. The standard InChI is InChI=1S/C28H30N4O6/c1-5-37-28(35)22-17-21-24(29-23-9-6-7-14-31(23)27(21)34)32(15-8-16-38-18(2)3)25(22)30-26(33)19-10-12-20(36-4)13-11-19/h6-7,9-14,17-18H,5,8,15-16H2,1-4H3. The normalized spacial score (nSPS) is 11.9. The Morgan fingerprint density at radius 2 is 1.87 bits per heavy atom. The number of nitrogens with zero attached hydrogens (tertiary/aromatic N) is 4. The van der Waals surface area contributed by atoms with Gasteiger partial charge in [-0.05, 0) is 69.7 Å². The van der Waals surface area contributed by atoms with Gasteiger partial charge in [0, 0.05) is 24.9 Å². The highest BCUT2D eigenvalue weighted by Gasteiger charge is 2.20. The van der Waals surface area contributed by atoms with Crippen molar-refractivity contribution in [2.45, 2.75) is 39.8 Å². The highest BCUT2D eigenvalue weighted by molar-refractivity contribution is 5.97. The Labute approximate surface area is 219 Å². The molecular weight excluding hydrogens is 488 g/mol. The van der Waals surface area contributed by atoms with Gasteiger partial charge in [0.05, 0.1) is 25.2 Å². The Bertz CT molecular complexity index is 1600. The number of fused-ring (bicyclic) bond motifs is 2. The van der Waals surface area contributed by atoms with Crippen LogP contribution in [-0.4, -0.2) is 52.3 Å². The van der Waals surface area contributed by atoms with Gasteiger partial charge in [0.1, 0.15) is 22.6 Å². The number of aryl methyl sites for hydroxylation is 1. The summed E-state index contributed by atoms with van der Waals surface area (Å²) >= 11 is 0. The van der Waals surface area contributed by atoms with Crippen LogP contribution in [0, 0.1) is 0 Å². The summed E-state index contributed by atoms with van der Waals surface area (Å²) in [6.07, 6.45) is 2.18. The summed E-state index contributed by atoms with van der Waals surface area (Å²) in [6.45, 7) is 6.38. The van der Waals surface area contributed by atoms with Crippen molar-refractivity contribution < 1.29 is 23.8 Å². The van der Waals surface area contributed by atoms with Gasteiger partial charge in [-0.25, -0.2) is 9.78 Å². The molecule has 0 N–H and O–H groups in total. The van der Waals surface area contributed by atoms with Crippen LogP contribution in [0.5, 0.6) is 5.75 Å². The van der Waals surface area contributed by atoms with E-state index < -0.39 is 11.9 Å². The predicted molar refractivity (Wildman–Crippen MR) is 142 cm³/mol. The monoisotopic (exact) mass is 518 g/mol. The summed E-state index contributed by atoms with van der Waals surface area (Å²) in [6, 6.07) is 13.1. The Morgan fingerprint density at radius 1 is 1.11 bits per heavy atom. The van der Waals surface area contributed by atoms with E-state index in [1.165, 1.54) is 17.6 Å². The van der Waals surface area contributed by atoms with Crippen molar-refractivity contribution in [3.63, 3.8) is 0 Å². The first kappa shape index (κ1) is 26.7. The van der Waals surface area contributed by atoms with Crippen LogP contribution in [-0.2, 0) is 16.0 Å². The highest BCUT2D eigenvalue weighted by Crippen LogP contribution is 2.14. The molecule has 0 fully saturated rings. The Hall–Kier alpha value is -4.31. The molecule has 10 heteroatoms. The second-order valence-corrected chi connectivity index (χ2v) is 8.76. The zero-order chi connectivity index (χ0) is 27.2. The molecule has 1 amide bonds. The van der Waals surface area contributed by atoms with E-state index in [0.717, 1.165) is 0 Å². The van der Waals surface area contributed by atoms with E-state index in [1.54, 1.807) is 60.2 Å². The molecule has 0 saturated heterocycles. The molecule has 0 saturated carbocycles. The summed E-state index contributed by atoms with van der Waals surface area (Å²) in [4.78, 5) is 48.8. The number of ether oxygens (including phenoxy) is 3. The number of rotatable bonds is 9. The van der Waals surface area contributed by atoms with Gasteiger partial charge in [-0.1, -0.05) is 6.07 Å². The van der Waals surface area contributed by atoms with Gasteiger partial charge >= 0.3 is 5.97 Å². The van der Waals surface area contributed by atoms with Gasteiger partial charge in [-0.2, -0.15) is 4.99 Å². The third-order valence-corrected chi connectivity index (χ3v) is 5.81. The third kappa shape index (κ3) is 5.65. The molecule has 198 valence electrons. The molecular formula is C28H30N4O6. The second kappa shape index (κ2) is 11.8. The lowest BCUT2D eigenvalue weighted by Gasteiger charge is -2.15. The summed E-state index contributed by atoms with van der Waals surface area (Å²) in [5, 5.41) is 0.206. The van der Waals surface area contributed by atoms with Crippen LogP contribution in [0.3, 0.4) is 0 Å². The van der Waals surface area contributed by atoms with Crippen LogP contribution in [0.1, 0.15) is 47.9 Å². The van der Waals surface area contributed by atoms with E-state index >= 15 is 0 Å². The molecule has 4 rings (SSSR count). The number of benzene rings is 1. The molecule has 0 atom stereocenters. The largest absolute Gasteiger partial charge is 0.497 e. The zero-order valence-corrected chi connectivity index (χ0v) is 21.8. The average molecular weight is 519 g/mol. The maximum Gasteiger partial charge on any atom is 0.341 e. The molecule has 0 aliphatic carbocycles. The topological polar surface area (TPSA) is 113 Å². The van der Waals surface area contributed by atoms with Gasteiger partial charge in [0.15, 0.2) is 5.49 Å². The molecule has 38 heavy (non-hydrogen) atoms. The van der Waals surface area contributed by atoms with Crippen LogP contribution < -0.4 is 15.8 Å². The van der Waals surface area contributed by atoms with Gasteiger partial charge < -0.3 is 18.8 Å². The fourth-order valence-electron chi connectivity index (χ4n) is 4.01. The van der Waals surface area contributed by atoms with E-state index in [9.17, 15) is 14.4 Å². The maximum absolute atomic E-state index is 13.4. The molecule has 1 aromatic carbocycles. The van der Waals surface area contributed by atoms with Gasteiger partial charge in [0.2, 0.25) is 0 Å². The Balaban J connectivity index is 2.00. The van der Waals surface area contributed by atoms with Crippen molar-refractivity contribution in [2.75, 3.05) is 20.3 Å². The molecule has 0 spiro atoms. The molecule has 3 aromatic heterocycles. The van der Waals surface area contributed by atoms with Gasteiger partial charge in [0.25, 0.3) is 11.5 Å². The van der Waals surface area contributed by atoms with Crippen LogP contribution in [0.4, 0.5) is 0 Å². The van der Waals surface area contributed by atoms with Crippen LogP contribution in [0.2, 0.25) is 0 Å². The molecule has 3 heterocycles. The van der Waals surface area contributed by atoms with Crippen LogP contribution in [0.15, 0.2) is 64.5 Å². The van der Waals surface area contributed by atoms with Crippen molar-refractivity contribution >= 4 is 28.6 Å². The smallest absolute Gasteiger partial charge is 0.341 e. The molecule has 0 radical (unpaired) electrons. The zero-order valence-electron chi connectivity index (χ0n) is 21.8. The van der Waals surface area contributed by atoms with Crippen LogP contribution in [0.25, 0.3) is 16.7 Å². The van der Waals surface area contributed by atoms with Crippen LogP contribution >= 0.6 is 0 Å². The number of aromatic nitrogens is 3. The number of amides is 1. The van der Waals surface area contributed by atoms with Crippen molar-refractivity contribution in [2.24, 2.45) is 4.99 Å². The number of pyridine rings is 2. The molecule has 0 bridgehead atoms. The Morgan fingerprint density at radius 3 is 2.55 bits per heavy atom. The number of carbonyl (C=O) groups is 2. The van der Waals surface area contributed by atoms with Crippen molar-refractivity contribution in [1.82, 2.24) is 14.0 Å². The number of hydrogen-bond donors (Lipinski definition) is 0. The first-order valence-electron chi connectivity index (χ1n) is 12.4. The summed E-state index contributed by atoms with van der Waals surface area (Å²) in [7, 11) is 1.53. The minimum atomic E-state index is -0.694. The predicted octanol–water partition coefficient (Wildman–Crippen LogP) is 3.39. The van der Waals surface area contributed by atoms with E-state index in [-0.39, 0.29) is 34.7 Å². The summed E-state index contributed by atoms with van der Waals surface area (Å²) in [5.41, 5.74) is 0.751. The maximum atomic E-state index is 13.4. The van der Waals surface area contributed by atoms with E-state index in [0.29, 0.717) is 42.2 Å². The number of hydrogen-bond acceptors (Lipinski definition) is 7. The lowest BCUT2D eigenvalue weighted by Crippen LogP contribution is -2.33. The number of methoxy groups -OCH3 is 1. The summed E-state index contributed by atoms with van der Waals surface area (Å²) < 4.78 is 19.2. The lowest BCUT2D eigenvalue weighted by atomic mass is 10.2. The fourth-order valence-corrected chi connectivity index (χ4v) is 4.01. The number of esters is 1. The number of carbonyl (C=O) groups excluding carboxylic acids is 2. The second-order valence-electron chi connectivity index (χ2n) is 8.76. The molecule has 0 aliphatic rings. The fraction of sp³-hybridized carbons (Fsp3) is 0.321. The average Bonchev–Trinajstić information content (AvgIpc) is 2.92. The third-order valence-electron chi connectivity index (χ3n) is 5.81. The quantitative estimate of drug-likeness (QED) is 0.190. The first-order valence-corrected chi connectivity index (χ1v) is 12.4. The van der Waals surface area contributed by atoms with E-state index in [2.05, 4.69) is 4.99 Å². The minimum absolute atomic E-state index is 0.000714. The molecule has 4 aromatic rings. The molecule has 0 unspecified atom stereocenters. The van der Waals surface area contributed by atoms with Crippen molar-refractivity contribution in [3.8, 4) is 5.75 Å². The van der Waals surface area contributed by atoms with E-state index in [4.69, 9.17) is 19.2 Å². The van der Waals surface area contributed by atoms with Gasteiger partial charge in [-0.3, -0.25) is 14.0 Å². The van der Waals surface area contributed by atoms with Crippen molar-refractivity contribution in [3.05, 3.63) is 81.7 Å². The lowest BCUT2D eigenvalue weighted by molar-refractivity contribution is 0.0523. The highest BCUT2D eigenvalue weighted by atomic mass is 16.5. The SMILES string of the molecule is CCOC(=O)c1cc2c(=O)n3ccccc3nc2n(CCCOC(C)C)c1=NC(=O)c1ccc(OC)cc1.